The van der Waals surface area contributed by atoms with Gasteiger partial charge in [0.1, 0.15) is 0 Å². The van der Waals surface area contributed by atoms with E-state index in [4.69, 9.17) is 16.3 Å². The van der Waals surface area contributed by atoms with Gasteiger partial charge in [-0.15, -0.1) is 11.6 Å². The highest BCUT2D eigenvalue weighted by Gasteiger charge is 2.23. The Bertz CT molecular complexity index is 686. The van der Waals surface area contributed by atoms with Crippen molar-refractivity contribution in [1.82, 2.24) is 0 Å². The Morgan fingerprint density at radius 2 is 1.71 bits per heavy atom. The standard InChI is InChI=1S/C13H7ClF3NO3/c14-6-7-4-9(16)12(10(17)5-7)21-13-8(15)2-1-3-11(13)18(19)20/h1-5H,6H2. The lowest BCUT2D eigenvalue weighted by molar-refractivity contribution is -0.385. The third-order valence-corrected chi connectivity index (χ3v) is 2.87. The number of rotatable bonds is 4. The van der Waals surface area contributed by atoms with Crippen molar-refractivity contribution in [2.24, 2.45) is 0 Å². The van der Waals surface area contributed by atoms with Gasteiger partial charge in [0, 0.05) is 11.9 Å². The van der Waals surface area contributed by atoms with Gasteiger partial charge in [0.15, 0.2) is 23.2 Å². The number of alkyl halides is 1. The van der Waals surface area contributed by atoms with Crippen molar-refractivity contribution < 1.29 is 22.8 Å². The molecule has 0 unspecified atom stereocenters. The smallest absolute Gasteiger partial charge is 0.314 e. The van der Waals surface area contributed by atoms with Crippen LogP contribution >= 0.6 is 11.6 Å². The maximum absolute atomic E-state index is 13.7. The summed E-state index contributed by atoms with van der Waals surface area (Å²) in [5.74, 6) is -5.31. The monoisotopic (exact) mass is 317 g/mol. The summed E-state index contributed by atoms with van der Waals surface area (Å²) < 4.78 is 45.8. The Morgan fingerprint density at radius 3 is 2.24 bits per heavy atom. The minimum absolute atomic E-state index is 0.131. The van der Waals surface area contributed by atoms with Gasteiger partial charge in [-0.3, -0.25) is 10.1 Å². The second kappa shape index (κ2) is 6.01. The zero-order valence-electron chi connectivity index (χ0n) is 10.3. The minimum atomic E-state index is -1.14. The van der Waals surface area contributed by atoms with Crippen LogP contribution in [0.5, 0.6) is 11.5 Å². The Hall–Kier alpha value is -2.28. The van der Waals surface area contributed by atoms with Gasteiger partial charge >= 0.3 is 5.69 Å². The second-order valence-corrected chi connectivity index (χ2v) is 4.24. The van der Waals surface area contributed by atoms with Crippen LogP contribution in [0.15, 0.2) is 30.3 Å². The van der Waals surface area contributed by atoms with E-state index in [0.29, 0.717) is 0 Å². The first kappa shape index (κ1) is 15.1. The van der Waals surface area contributed by atoms with Gasteiger partial charge in [-0.1, -0.05) is 6.07 Å². The fourth-order valence-electron chi connectivity index (χ4n) is 1.63. The summed E-state index contributed by atoms with van der Waals surface area (Å²) in [4.78, 5) is 9.87. The van der Waals surface area contributed by atoms with E-state index in [1.54, 1.807) is 0 Å². The number of hydrogen-bond acceptors (Lipinski definition) is 3. The number of nitrogens with zero attached hydrogens (tertiary/aromatic N) is 1. The average molecular weight is 318 g/mol. The van der Waals surface area contributed by atoms with Crippen molar-refractivity contribution in [3.63, 3.8) is 0 Å². The summed E-state index contributed by atoms with van der Waals surface area (Å²) in [6.07, 6.45) is 0. The lowest BCUT2D eigenvalue weighted by atomic mass is 10.2. The van der Waals surface area contributed by atoms with Gasteiger partial charge < -0.3 is 4.74 Å². The highest BCUT2D eigenvalue weighted by atomic mass is 35.5. The molecule has 0 spiro atoms. The summed E-state index contributed by atoms with van der Waals surface area (Å²) in [5, 5.41) is 10.8. The molecule has 110 valence electrons. The van der Waals surface area contributed by atoms with E-state index in [1.165, 1.54) is 0 Å². The van der Waals surface area contributed by atoms with Crippen molar-refractivity contribution in [3.8, 4) is 11.5 Å². The van der Waals surface area contributed by atoms with Crippen molar-refractivity contribution in [1.29, 1.82) is 0 Å². The highest BCUT2D eigenvalue weighted by molar-refractivity contribution is 6.17. The summed E-state index contributed by atoms with van der Waals surface area (Å²) >= 11 is 5.45. The topological polar surface area (TPSA) is 52.4 Å². The van der Waals surface area contributed by atoms with Crippen LogP contribution in [0.3, 0.4) is 0 Å². The van der Waals surface area contributed by atoms with E-state index < -0.39 is 39.6 Å². The van der Waals surface area contributed by atoms with Gasteiger partial charge in [0.05, 0.1) is 4.92 Å². The first-order valence-electron chi connectivity index (χ1n) is 5.58. The molecule has 2 rings (SSSR count). The quantitative estimate of drug-likeness (QED) is 0.472. The van der Waals surface area contributed by atoms with Crippen molar-refractivity contribution in [2.75, 3.05) is 0 Å². The fourth-order valence-corrected chi connectivity index (χ4v) is 1.79. The first-order valence-corrected chi connectivity index (χ1v) is 6.12. The fraction of sp³-hybridized carbons (Fsp3) is 0.0769. The molecule has 2 aromatic rings. The molecule has 0 amide bonds. The molecule has 0 aliphatic heterocycles. The summed E-state index contributed by atoms with van der Waals surface area (Å²) in [6.45, 7) is 0. The largest absolute Gasteiger partial charge is 0.441 e. The van der Waals surface area contributed by atoms with Crippen LogP contribution in [0.1, 0.15) is 5.56 Å². The molecule has 0 saturated heterocycles. The third-order valence-electron chi connectivity index (χ3n) is 2.56. The van der Waals surface area contributed by atoms with Crippen molar-refractivity contribution >= 4 is 17.3 Å². The van der Waals surface area contributed by atoms with E-state index in [0.717, 1.165) is 30.3 Å². The van der Waals surface area contributed by atoms with Gasteiger partial charge in [0.2, 0.25) is 5.75 Å². The van der Waals surface area contributed by atoms with Gasteiger partial charge in [-0.25, -0.2) is 13.2 Å². The average Bonchev–Trinajstić information content (AvgIpc) is 2.43. The molecule has 0 aromatic heterocycles. The predicted molar refractivity (Wildman–Crippen MR) is 69.0 cm³/mol. The molecular formula is C13H7ClF3NO3. The molecule has 4 nitrogen and oxygen atoms in total. The molecule has 0 saturated carbocycles. The Balaban J connectivity index is 2.51. The van der Waals surface area contributed by atoms with Crippen LogP contribution in [-0.4, -0.2) is 4.92 Å². The van der Waals surface area contributed by atoms with Gasteiger partial charge in [-0.05, 0) is 23.8 Å². The molecule has 8 heteroatoms. The number of halogens is 4. The van der Waals surface area contributed by atoms with E-state index in [2.05, 4.69) is 0 Å². The SMILES string of the molecule is O=[N+]([O-])c1cccc(F)c1Oc1c(F)cc(CCl)cc1F. The molecule has 0 heterocycles. The van der Waals surface area contributed by atoms with E-state index >= 15 is 0 Å². The maximum Gasteiger partial charge on any atom is 0.314 e. The van der Waals surface area contributed by atoms with Crippen molar-refractivity contribution in [2.45, 2.75) is 5.88 Å². The summed E-state index contributed by atoms with van der Waals surface area (Å²) in [7, 11) is 0. The molecule has 21 heavy (non-hydrogen) atoms. The third kappa shape index (κ3) is 3.08. The number of para-hydroxylation sites is 1. The molecule has 0 N–H and O–H groups in total. The van der Waals surface area contributed by atoms with E-state index in [1.807, 2.05) is 0 Å². The predicted octanol–water partition coefficient (Wildman–Crippen LogP) is 4.54. The molecule has 2 aromatic carbocycles. The highest BCUT2D eigenvalue weighted by Crippen LogP contribution is 2.36. The number of ether oxygens (including phenoxy) is 1. The summed E-state index contributed by atoms with van der Waals surface area (Å²) in [6, 6.07) is 4.73. The molecule has 0 aliphatic carbocycles. The van der Waals surface area contributed by atoms with Crippen LogP contribution < -0.4 is 4.74 Å². The zero-order valence-corrected chi connectivity index (χ0v) is 11.0. The molecule has 0 atom stereocenters. The normalized spacial score (nSPS) is 10.5. The number of nitro benzene ring substituents is 1. The Kier molecular flexibility index (Phi) is 4.32. The minimum Gasteiger partial charge on any atom is -0.441 e. The number of benzene rings is 2. The number of hydrogen-bond donors (Lipinski definition) is 0. The van der Waals surface area contributed by atoms with Gasteiger partial charge in [-0.2, -0.15) is 0 Å². The second-order valence-electron chi connectivity index (χ2n) is 3.97. The Morgan fingerprint density at radius 1 is 1.10 bits per heavy atom. The van der Waals surface area contributed by atoms with Crippen LogP contribution in [-0.2, 0) is 5.88 Å². The zero-order chi connectivity index (χ0) is 15.6. The van der Waals surface area contributed by atoms with Crippen LogP contribution in [0.2, 0.25) is 0 Å². The molecule has 0 radical (unpaired) electrons. The lowest BCUT2D eigenvalue weighted by Gasteiger charge is -2.10. The maximum atomic E-state index is 13.7. The van der Waals surface area contributed by atoms with Crippen LogP contribution in [0.4, 0.5) is 18.9 Å². The van der Waals surface area contributed by atoms with Crippen LogP contribution in [0, 0.1) is 27.6 Å². The van der Waals surface area contributed by atoms with E-state index in [-0.39, 0.29) is 11.4 Å². The lowest BCUT2D eigenvalue weighted by Crippen LogP contribution is -2.00. The molecule has 0 bridgehead atoms. The van der Waals surface area contributed by atoms with E-state index in [9.17, 15) is 23.3 Å². The van der Waals surface area contributed by atoms with Gasteiger partial charge in [0.25, 0.3) is 0 Å². The molecule has 0 fully saturated rings. The summed E-state index contributed by atoms with van der Waals surface area (Å²) in [5.41, 5.74) is -0.586. The van der Waals surface area contributed by atoms with Crippen LogP contribution in [0.25, 0.3) is 0 Å². The number of nitro groups is 1. The Labute approximate surface area is 121 Å². The molecule has 0 aliphatic rings. The van der Waals surface area contributed by atoms with Crippen molar-refractivity contribution in [3.05, 3.63) is 63.5 Å². The first-order chi connectivity index (χ1) is 9.93. The molecular weight excluding hydrogens is 311 g/mol.